The topological polar surface area (TPSA) is 53.6 Å². The van der Waals surface area contributed by atoms with E-state index in [1.165, 1.54) is 0 Å². The molecule has 0 spiro atoms. The quantitative estimate of drug-likeness (QED) is 0.804. The van der Waals surface area contributed by atoms with Crippen LogP contribution < -0.4 is 15.4 Å². The molecule has 1 aliphatic rings. The van der Waals surface area contributed by atoms with Crippen LogP contribution >= 0.6 is 0 Å². The van der Waals surface area contributed by atoms with Crippen LogP contribution in [0.5, 0.6) is 5.75 Å². The van der Waals surface area contributed by atoms with Crippen molar-refractivity contribution in [3.63, 3.8) is 0 Å². The van der Waals surface area contributed by atoms with Gasteiger partial charge in [-0.15, -0.1) is 0 Å². The Morgan fingerprint density at radius 2 is 2.21 bits per heavy atom. The molecule has 1 aromatic rings. The van der Waals surface area contributed by atoms with E-state index in [2.05, 4.69) is 15.5 Å². The summed E-state index contributed by atoms with van der Waals surface area (Å²) in [7, 11) is 1.60. The Balaban J connectivity index is 1.77. The first kappa shape index (κ1) is 13.8. The van der Waals surface area contributed by atoms with E-state index in [-0.39, 0.29) is 5.91 Å². The van der Waals surface area contributed by atoms with Crippen molar-refractivity contribution in [2.45, 2.75) is 0 Å². The maximum atomic E-state index is 12.0. The van der Waals surface area contributed by atoms with Crippen LogP contribution in [0.4, 0.5) is 0 Å². The van der Waals surface area contributed by atoms with Gasteiger partial charge in [0.2, 0.25) is 0 Å². The second-order valence-corrected chi connectivity index (χ2v) is 4.58. The normalized spacial score (nSPS) is 16.1. The molecule has 2 N–H and O–H groups in total. The van der Waals surface area contributed by atoms with Gasteiger partial charge in [-0.05, 0) is 18.2 Å². The molecule has 19 heavy (non-hydrogen) atoms. The highest BCUT2D eigenvalue weighted by atomic mass is 16.5. The number of benzene rings is 1. The molecule has 0 bridgehead atoms. The zero-order chi connectivity index (χ0) is 13.5. The van der Waals surface area contributed by atoms with Gasteiger partial charge < -0.3 is 15.4 Å². The lowest BCUT2D eigenvalue weighted by Gasteiger charge is -2.27. The molecule has 1 aliphatic heterocycles. The first-order valence-electron chi connectivity index (χ1n) is 6.65. The number of nitrogens with one attached hydrogen (secondary N) is 2. The van der Waals surface area contributed by atoms with Gasteiger partial charge in [0.15, 0.2) is 0 Å². The maximum Gasteiger partial charge on any atom is 0.251 e. The zero-order valence-electron chi connectivity index (χ0n) is 11.3. The number of methoxy groups -OCH3 is 1. The molecule has 5 nitrogen and oxygen atoms in total. The summed E-state index contributed by atoms with van der Waals surface area (Å²) < 4.78 is 5.11. The molecule has 0 unspecified atom stereocenters. The number of carbonyl (C=O) groups is 1. The Morgan fingerprint density at radius 1 is 1.42 bits per heavy atom. The number of piperazine rings is 1. The van der Waals surface area contributed by atoms with E-state index < -0.39 is 0 Å². The second kappa shape index (κ2) is 7.11. The third-order valence-corrected chi connectivity index (χ3v) is 3.26. The first-order valence-corrected chi connectivity index (χ1v) is 6.65. The van der Waals surface area contributed by atoms with Gasteiger partial charge in [0.05, 0.1) is 7.11 Å². The zero-order valence-corrected chi connectivity index (χ0v) is 11.3. The van der Waals surface area contributed by atoms with E-state index in [9.17, 15) is 4.79 Å². The molecule has 0 radical (unpaired) electrons. The van der Waals surface area contributed by atoms with Crippen LogP contribution in [0.3, 0.4) is 0 Å². The lowest BCUT2D eigenvalue weighted by Crippen LogP contribution is -2.46. The summed E-state index contributed by atoms with van der Waals surface area (Å²) in [6, 6.07) is 7.20. The van der Waals surface area contributed by atoms with E-state index >= 15 is 0 Å². The minimum absolute atomic E-state index is 0.0472. The number of carbonyl (C=O) groups excluding carboxylic acids is 1. The van der Waals surface area contributed by atoms with Gasteiger partial charge in [0.25, 0.3) is 5.91 Å². The summed E-state index contributed by atoms with van der Waals surface area (Å²) >= 11 is 0. The van der Waals surface area contributed by atoms with Crippen molar-refractivity contribution in [2.75, 3.05) is 46.4 Å². The molecule has 0 atom stereocenters. The number of nitrogens with zero attached hydrogens (tertiary/aromatic N) is 1. The minimum Gasteiger partial charge on any atom is -0.497 e. The fourth-order valence-corrected chi connectivity index (χ4v) is 2.13. The highest BCUT2D eigenvalue weighted by Crippen LogP contribution is 2.12. The fraction of sp³-hybridized carbons (Fsp3) is 0.500. The molecule has 1 heterocycles. The summed E-state index contributed by atoms with van der Waals surface area (Å²) in [6.07, 6.45) is 0. The highest BCUT2D eigenvalue weighted by molar-refractivity contribution is 5.94. The highest BCUT2D eigenvalue weighted by Gasteiger charge is 2.10. The van der Waals surface area contributed by atoms with E-state index in [1.54, 1.807) is 19.2 Å². The SMILES string of the molecule is COc1cccc(C(=O)NCCN2CCNCC2)c1. The van der Waals surface area contributed by atoms with Crippen molar-refractivity contribution in [1.82, 2.24) is 15.5 Å². The van der Waals surface area contributed by atoms with Crippen molar-refractivity contribution >= 4 is 5.91 Å². The monoisotopic (exact) mass is 263 g/mol. The van der Waals surface area contributed by atoms with Crippen molar-refractivity contribution < 1.29 is 9.53 Å². The lowest BCUT2D eigenvalue weighted by molar-refractivity contribution is 0.0947. The van der Waals surface area contributed by atoms with E-state index in [0.29, 0.717) is 17.9 Å². The summed E-state index contributed by atoms with van der Waals surface area (Å²) in [5.41, 5.74) is 0.639. The number of rotatable bonds is 5. The summed E-state index contributed by atoms with van der Waals surface area (Å²) in [6.45, 7) is 5.74. The van der Waals surface area contributed by atoms with Crippen molar-refractivity contribution in [3.8, 4) is 5.75 Å². The summed E-state index contributed by atoms with van der Waals surface area (Å²) in [4.78, 5) is 14.3. The van der Waals surface area contributed by atoms with Crippen LogP contribution in [0.2, 0.25) is 0 Å². The second-order valence-electron chi connectivity index (χ2n) is 4.58. The van der Waals surface area contributed by atoms with Crippen LogP contribution in [0.15, 0.2) is 24.3 Å². The van der Waals surface area contributed by atoms with Gasteiger partial charge in [-0.1, -0.05) is 6.07 Å². The Labute approximate surface area is 113 Å². The number of ether oxygens (including phenoxy) is 1. The fourth-order valence-electron chi connectivity index (χ4n) is 2.13. The molecular formula is C14H21N3O2. The average Bonchev–Trinajstić information content (AvgIpc) is 2.48. The van der Waals surface area contributed by atoms with Crippen LogP contribution in [-0.2, 0) is 0 Å². The Morgan fingerprint density at radius 3 is 2.95 bits per heavy atom. The maximum absolute atomic E-state index is 12.0. The number of amides is 1. The van der Waals surface area contributed by atoms with Gasteiger partial charge in [0.1, 0.15) is 5.75 Å². The van der Waals surface area contributed by atoms with Crippen LogP contribution in [0.1, 0.15) is 10.4 Å². The third-order valence-electron chi connectivity index (χ3n) is 3.26. The first-order chi connectivity index (χ1) is 9.29. The van der Waals surface area contributed by atoms with Gasteiger partial charge in [-0.2, -0.15) is 0 Å². The van der Waals surface area contributed by atoms with Crippen molar-refractivity contribution in [2.24, 2.45) is 0 Å². The summed E-state index contributed by atoms with van der Waals surface area (Å²) in [5, 5.41) is 6.25. The molecule has 0 aromatic heterocycles. The molecular weight excluding hydrogens is 242 g/mol. The molecule has 5 heteroatoms. The summed E-state index contributed by atoms with van der Waals surface area (Å²) in [5.74, 6) is 0.656. The minimum atomic E-state index is -0.0472. The molecule has 104 valence electrons. The molecule has 1 aromatic carbocycles. The number of hydrogen-bond donors (Lipinski definition) is 2. The average molecular weight is 263 g/mol. The van der Waals surface area contributed by atoms with Crippen molar-refractivity contribution in [1.29, 1.82) is 0 Å². The van der Waals surface area contributed by atoms with Crippen LogP contribution in [-0.4, -0.2) is 57.2 Å². The Kier molecular flexibility index (Phi) is 5.18. The lowest BCUT2D eigenvalue weighted by atomic mass is 10.2. The standard InChI is InChI=1S/C14H21N3O2/c1-19-13-4-2-3-12(11-13)14(18)16-7-10-17-8-5-15-6-9-17/h2-4,11,15H,5-10H2,1H3,(H,16,18). The Bertz CT molecular complexity index is 417. The number of hydrogen-bond acceptors (Lipinski definition) is 4. The van der Waals surface area contributed by atoms with Gasteiger partial charge in [-0.3, -0.25) is 9.69 Å². The molecule has 0 aliphatic carbocycles. The molecule has 1 amide bonds. The smallest absolute Gasteiger partial charge is 0.251 e. The predicted octanol–water partition coefficient (Wildman–Crippen LogP) is 0.330. The van der Waals surface area contributed by atoms with Crippen LogP contribution in [0.25, 0.3) is 0 Å². The van der Waals surface area contributed by atoms with E-state index in [0.717, 1.165) is 32.7 Å². The molecule has 1 saturated heterocycles. The Hall–Kier alpha value is -1.59. The van der Waals surface area contributed by atoms with Crippen molar-refractivity contribution in [3.05, 3.63) is 29.8 Å². The van der Waals surface area contributed by atoms with Gasteiger partial charge >= 0.3 is 0 Å². The van der Waals surface area contributed by atoms with Gasteiger partial charge in [0, 0.05) is 44.8 Å². The van der Waals surface area contributed by atoms with Gasteiger partial charge in [-0.25, -0.2) is 0 Å². The largest absolute Gasteiger partial charge is 0.497 e. The van der Waals surface area contributed by atoms with E-state index in [1.807, 2.05) is 12.1 Å². The molecule has 2 rings (SSSR count). The van der Waals surface area contributed by atoms with E-state index in [4.69, 9.17) is 4.74 Å². The van der Waals surface area contributed by atoms with Crippen LogP contribution in [0, 0.1) is 0 Å². The molecule has 0 saturated carbocycles. The molecule has 1 fully saturated rings. The predicted molar refractivity (Wildman–Crippen MR) is 74.6 cm³/mol. The third kappa shape index (κ3) is 4.22.